The van der Waals surface area contributed by atoms with Crippen LogP contribution in [0.2, 0.25) is 0 Å². The van der Waals surface area contributed by atoms with Crippen molar-refractivity contribution < 1.29 is 9.53 Å². The SMILES string of the molecule is CC.CCN1CC(C)OC1=O. The Morgan fingerprint density at radius 3 is 2.36 bits per heavy atom. The van der Waals surface area contributed by atoms with Gasteiger partial charge in [-0.05, 0) is 13.8 Å². The maximum absolute atomic E-state index is 10.7. The van der Waals surface area contributed by atoms with Crippen molar-refractivity contribution in [3.63, 3.8) is 0 Å². The average molecular weight is 159 g/mol. The van der Waals surface area contributed by atoms with Gasteiger partial charge in [0.25, 0.3) is 0 Å². The lowest BCUT2D eigenvalue weighted by molar-refractivity contribution is 0.139. The molecule has 3 nitrogen and oxygen atoms in total. The van der Waals surface area contributed by atoms with E-state index in [1.807, 2.05) is 27.7 Å². The number of likely N-dealkylation sites (N-methyl/N-ethyl adjacent to an activating group) is 1. The summed E-state index contributed by atoms with van der Waals surface area (Å²) < 4.78 is 4.85. The summed E-state index contributed by atoms with van der Waals surface area (Å²) >= 11 is 0. The van der Waals surface area contributed by atoms with Crippen LogP contribution in [-0.2, 0) is 4.74 Å². The van der Waals surface area contributed by atoms with Crippen LogP contribution in [0.3, 0.4) is 0 Å². The largest absolute Gasteiger partial charge is 0.445 e. The van der Waals surface area contributed by atoms with E-state index in [0.717, 1.165) is 13.1 Å². The molecule has 0 spiro atoms. The number of nitrogens with zero attached hydrogens (tertiary/aromatic N) is 1. The quantitative estimate of drug-likeness (QED) is 0.584. The fraction of sp³-hybridized carbons (Fsp3) is 0.875. The molecule has 1 aliphatic rings. The summed E-state index contributed by atoms with van der Waals surface area (Å²) in [4.78, 5) is 12.4. The Kier molecular flexibility index (Phi) is 4.66. The van der Waals surface area contributed by atoms with E-state index in [1.54, 1.807) is 4.90 Å². The van der Waals surface area contributed by atoms with E-state index < -0.39 is 0 Å². The van der Waals surface area contributed by atoms with Gasteiger partial charge in [0.1, 0.15) is 6.10 Å². The molecule has 1 rings (SSSR count). The molecule has 0 aliphatic carbocycles. The third-order valence-electron chi connectivity index (χ3n) is 1.42. The highest BCUT2D eigenvalue weighted by Crippen LogP contribution is 2.08. The fourth-order valence-corrected chi connectivity index (χ4v) is 0.927. The highest BCUT2D eigenvalue weighted by Gasteiger charge is 2.25. The van der Waals surface area contributed by atoms with Gasteiger partial charge in [0, 0.05) is 6.54 Å². The van der Waals surface area contributed by atoms with Gasteiger partial charge in [0.2, 0.25) is 0 Å². The Hall–Kier alpha value is -0.730. The van der Waals surface area contributed by atoms with Gasteiger partial charge in [-0.15, -0.1) is 0 Å². The number of carbonyl (C=O) groups is 1. The number of carbonyl (C=O) groups excluding carboxylic acids is 1. The Morgan fingerprint density at radius 2 is 2.18 bits per heavy atom. The Morgan fingerprint density at radius 1 is 1.64 bits per heavy atom. The van der Waals surface area contributed by atoms with Crippen molar-refractivity contribution in [1.82, 2.24) is 4.90 Å². The minimum Gasteiger partial charge on any atom is -0.445 e. The molecular formula is C8H17NO2. The van der Waals surface area contributed by atoms with Crippen LogP contribution in [0.5, 0.6) is 0 Å². The van der Waals surface area contributed by atoms with Gasteiger partial charge >= 0.3 is 6.09 Å². The lowest BCUT2D eigenvalue weighted by atomic mass is 10.4. The topological polar surface area (TPSA) is 29.5 Å². The van der Waals surface area contributed by atoms with Crippen molar-refractivity contribution in [3.05, 3.63) is 0 Å². The Bertz CT molecular complexity index is 125. The van der Waals surface area contributed by atoms with Gasteiger partial charge in [-0.3, -0.25) is 0 Å². The summed E-state index contributed by atoms with van der Waals surface area (Å²) in [5, 5.41) is 0. The molecule has 1 amide bonds. The number of cyclic esters (lactones) is 1. The van der Waals surface area contributed by atoms with E-state index in [0.29, 0.717) is 0 Å². The highest BCUT2D eigenvalue weighted by atomic mass is 16.6. The van der Waals surface area contributed by atoms with Crippen LogP contribution >= 0.6 is 0 Å². The smallest absolute Gasteiger partial charge is 0.410 e. The molecule has 1 unspecified atom stereocenters. The number of amides is 1. The average Bonchev–Trinajstić information content (AvgIpc) is 2.33. The number of hydrogen-bond acceptors (Lipinski definition) is 2. The second-order valence-corrected chi connectivity index (χ2v) is 2.23. The van der Waals surface area contributed by atoms with Crippen LogP contribution in [0.4, 0.5) is 4.79 Å². The molecule has 1 heterocycles. The molecule has 0 saturated carbocycles. The molecule has 0 bridgehead atoms. The highest BCUT2D eigenvalue weighted by molar-refractivity contribution is 5.69. The summed E-state index contributed by atoms with van der Waals surface area (Å²) in [7, 11) is 0. The minimum atomic E-state index is -0.176. The van der Waals surface area contributed by atoms with E-state index in [4.69, 9.17) is 4.74 Å². The van der Waals surface area contributed by atoms with Gasteiger partial charge in [-0.2, -0.15) is 0 Å². The molecule has 1 aliphatic heterocycles. The van der Waals surface area contributed by atoms with Crippen molar-refractivity contribution in [1.29, 1.82) is 0 Å². The summed E-state index contributed by atoms with van der Waals surface area (Å²) in [5.74, 6) is 0. The predicted octanol–water partition coefficient (Wildman–Crippen LogP) is 1.87. The van der Waals surface area contributed by atoms with Crippen molar-refractivity contribution in [2.75, 3.05) is 13.1 Å². The van der Waals surface area contributed by atoms with Crippen LogP contribution in [0.25, 0.3) is 0 Å². The van der Waals surface area contributed by atoms with E-state index in [1.165, 1.54) is 0 Å². The molecule has 0 aromatic rings. The lowest BCUT2D eigenvalue weighted by Gasteiger charge is -2.06. The standard InChI is InChI=1S/C6H11NO2.C2H6/c1-3-7-4-5(2)9-6(7)8;1-2/h5H,3-4H2,1-2H3;1-2H3. The first-order chi connectivity index (χ1) is 5.24. The maximum atomic E-state index is 10.7. The van der Waals surface area contributed by atoms with Crippen LogP contribution in [0, 0.1) is 0 Å². The molecule has 3 heteroatoms. The third-order valence-corrected chi connectivity index (χ3v) is 1.42. The zero-order valence-corrected chi connectivity index (χ0v) is 7.76. The first-order valence-corrected chi connectivity index (χ1v) is 4.19. The summed E-state index contributed by atoms with van der Waals surface area (Å²) in [6.45, 7) is 9.34. The minimum absolute atomic E-state index is 0.0810. The predicted molar refractivity (Wildman–Crippen MR) is 44.5 cm³/mol. The van der Waals surface area contributed by atoms with Crippen LogP contribution in [-0.4, -0.2) is 30.2 Å². The first-order valence-electron chi connectivity index (χ1n) is 4.19. The van der Waals surface area contributed by atoms with Crippen LogP contribution in [0.15, 0.2) is 0 Å². The van der Waals surface area contributed by atoms with Gasteiger partial charge in [-0.25, -0.2) is 4.79 Å². The van der Waals surface area contributed by atoms with Crippen LogP contribution in [0.1, 0.15) is 27.7 Å². The van der Waals surface area contributed by atoms with E-state index in [-0.39, 0.29) is 12.2 Å². The van der Waals surface area contributed by atoms with E-state index in [2.05, 4.69) is 0 Å². The molecule has 11 heavy (non-hydrogen) atoms. The van der Waals surface area contributed by atoms with Crippen molar-refractivity contribution in [2.45, 2.75) is 33.8 Å². The summed E-state index contributed by atoms with van der Waals surface area (Å²) in [6, 6.07) is 0. The van der Waals surface area contributed by atoms with Crippen molar-refractivity contribution in [2.24, 2.45) is 0 Å². The molecule has 0 N–H and O–H groups in total. The van der Waals surface area contributed by atoms with Crippen LogP contribution < -0.4 is 0 Å². The molecule has 0 radical (unpaired) electrons. The summed E-state index contributed by atoms with van der Waals surface area (Å²) in [5.41, 5.74) is 0. The molecule has 1 saturated heterocycles. The molecule has 0 aromatic carbocycles. The third kappa shape index (κ3) is 2.78. The number of rotatable bonds is 1. The second kappa shape index (κ2) is 4.99. The lowest BCUT2D eigenvalue weighted by Crippen LogP contribution is -2.23. The van der Waals surface area contributed by atoms with Crippen molar-refractivity contribution >= 4 is 6.09 Å². The number of ether oxygens (including phenoxy) is 1. The second-order valence-electron chi connectivity index (χ2n) is 2.23. The number of hydrogen-bond donors (Lipinski definition) is 0. The molecule has 66 valence electrons. The first kappa shape index (κ1) is 10.3. The molecule has 1 fully saturated rings. The van der Waals surface area contributed by atoms with Gasteiger partial charge in [-0.1, -0.05) is 13.8 Å². The summed E-state index contributed by atoms with van der Waals surface area (Å²) in [6.07, 6.45) is -0.0950. The Balaban J connectivity index is 0.000000461. The monoisotopic (exact) mass is 159 g/mol. The molecule has 1 atom stereocenters. The Labute approximate surface area is 68.3 Å². The fourth-order valence-electron chi connectivity index (χ4n) is 0.927. The van der Waals surface area contributed by atoms with Gasteiger partial charge in [0.05, 0.1) is 6.54 Å². The molecule has 0 aromatic heterocycles. The van der Waals surface area contributed by atoms with Crippen molar-refractivity contribution in [3.8, 4) is 0 Å². The zero-order chi connectivity index (χ0) is 8.85. The van der Waals surface area contributed by atoms with E-state index in [9.17, 15) is 4.79 Å². The van der Waals surface area contributed by atoms with Gasteiger partial charge in [0.15, 0.2) is 0 Å². The maximum Gasteiger partial charge on any atom is 0.410 e. The van der Waals surface area contributed by atoms with E-state index >= 15 is 0 Å². The normalized spacial score (nSPS) is 22.4. The molecular weight excluding hydrogens is 142 g/mol. The zero-order valence-electron chi connectivity index (χ0n) is 7.76. The van der Waals surface area contributed by atoms with Gasteiger partial charge < -0.3 is 9.64 Å².